The third-order valence-electron chi connectivity index (χ3n) is 13.5. The molecule has 412 valence electrons. The Hall–Kier alpha value is -2.89. The third-order valence-corrected chi connectivity index (χ3v) is 13.5. The van der Waals surface area contributed by atoms with E-state index in [1.54, 1.807) is 0 Å². The van der Waals surface area contributed by atoms with Crippen LogP contribution >= 0.6 is 0 Å². The molecular weight excluding hydrogens is 877 g/mol. The van der Waals surface area contributed by atoms with Gasteiger partial charge in [0.05, 0.1) is 0 Å². The quantitative estimate of drug-likeness (QED) is 0.0261. The molecule has 0 saturated carbocycles. The second-order valence-electron chi connectivity index (χ2n) is 20.6. The molecule has 0 spiro atoms. The first-order valence-corrected chi connectivity index (χ1v) is 30.8. The van der Waals surface area contributed by atoms with E-state index in [1.807, 2.05) is 0 Å². The lowest BCUT2D eigenvalue weighted by molar-refractivity contribution is -0.167. The molecule has 0 heterocycles. The number of ether oxygens (including phenoxy) is 3. The highest BCUT2D eigenvalue weighted by Crippen LogP contribution is 2.15. The second-order valence-corrected chi connectivity index (χ2v) is 20.6. The van der Waals surface area contributed by atoms with Gasteiger partial charge in [0.25, 0.3) is 0 Å². The van der Waals surface area contributed by atoms with E-state index in [9.17, 15) is 14.4 Å². The smallest absolute Gasteiger partial charge is 0.306 e. The van der Waals surface area contributed by atoms with Crippen molar-refractivity contribution in [2.75, 3.05) is 13.2 Å². The van der Waals surface area contributed by atoms with Gasteiger partial charge in [-0.15, -0.1) is 0 Å². The van der Waals surface area contributed by atoms with E-state index in [1.165, 1.54) is 180 Å². The van der Waals surface area contributed by atoms with E-state index in [2.05, 4.69) is 81.5 Å². The minimum Gasteiger partial charge on any atom is -0.462 e. The van der Waals surface area contributed by atoms with Crippen LogP contribution in [0, 0.1) is 0 Å². The lowest BCUT2D eigenvalue weighted by atomic mass is 10.1. The molecule has 0 N–H and O–H groups in total. The Kier molecular flexibility index (Phi) is 57.2. The number of carbonyl (C=O) groups excluding carboxylic acids is 3. The molecule has 0 radical (unpaired) electrons. The van der Waals surface area contributed by atoms with Crippen LogP contribution in [0.3, 0.4) is 0 Å². The maximum atomic E-state index is 12.9. The highest BCUT2D eigenvalue weighted by Gasteiger charge is 2.19. The number of hydrogen-bond acceptors (Lipinski definition) is 6. The fourth-order valence-corrected chi connectivity index (χ4v) is 8.79. The molecule has 71 heavy (non-hydrogen) atoms. The van der Waals surface area contributed by atoms with Crippen LogP contribution in [0.2, 0.25) is 0 Å². The van der Waals surface area contributed by atoms with Gasteiger partial charge in [-0.25, -0.2) is 0 Å². The minimum atomic E-state index is -0.785. The molecule has 0 aromatic rings. The molecule has 6 nitrogen and oxygen atoms in total. The zero-order valence-corrected chi connectivity index (χ0v) is 47.2. The zero-order chi connectivity index (χ0) is 51.4. The summed E-state index contributed by atoms with van der Waals surface area (Å²) in [6.07, 6.45) is 75.0. The first-order chi connectivity index (χ1) is 35.0. The Morgan fingerprint density at radius 3 is 0.803 bits per heavy atom. The van der Waals surface area contributed by atoms with E-state index in [0.717, 1.165) is 96.3 Å². The van der Waals surface area contributed by atoms with Gasteiger partial charge in [0.2, 0.25) is 0 Å². The van der Waals surface area contributed by atoms with Crippen molar-refractivity contribution in [3.63, 3.8) is 0 Å². The van der Waals surface area contributed by atoms with E-state index in [4.69, 9.17) is 14.2 Å². The van der Waals surface area contributed by atoms with Crippen LogP contribution in [0.1, 0.15) is 316 Å². The molecule has 0 fully saturated rings. The Labute approximate surface area is 440 Å². The Bertz CT molecular complexity index is 1280. The number of rotatable bonds is 56. The molecule has 0 aromatic carbocycles. The van der Waals surface area contributed by atoms with Gasteiger partial charge < -0.3 is 14.2 Å². The van der Waals surface area contributed by atoms with Crippen molar-refractivity contribution in [3.8, 4) is 0 Å². The number of hydrogen-bond donors (Lipinski definition) is 0. The normalized spacial score (nSPS) is 12.4. The topological polar surface area (TPSA) is 78.9 Å². The summed E-state index contributed by atoms with van der Waals surface area (Å²) in [4.78, 5) is 38.2. The summed E-state index contributed by atoms with van der Waals surface area (Å²) in [6, 6.07) is 0. The van der Waals surface area contributed by atoms with E-state index >= 15 is 0 Å². The Morgan fingerprint density at radius 2 is 0.507 bits per heavy atom. The average molecular weight is 994 g/mol. The minimum absolute atomic E-state index is 0.0829. The summed E-state index contributed by atoms with van der Waals surface area (Å²) in [5, 5.41) is 0. The van der Waals surface area contributed by atoms with Crippen LogP contribution in [0.4, 0.5) is 0 Å². The SMILES string of the molecule is CCCCCCC/C=C\C/C=C\C/C=C\CCCCCCCCCCC(=O)OCC(COC(=O)CCCCCCC/C=C\CCCCCCCC)OC(=O)CCCCCCC/C=C\CCCCCCCC. The first kappa shape index (κ1) is 68.1. The monoisotopic (exact) mass is 993 g/mol. The molecule has 0 bridgehead atoms. The van der Waals surface area contributed by atoms with Crippen molar-refractivity contribution in [3.05, 3.63) is 60.8 Å². The standard InChI is InChI=1S/C65H116O6/c1-4-7-10-13-16-19-22-25-28-29-30-31-32-33-34-35-38-40-43-46-49-52-55-58-64(67)70-61-62(71-65(68)59-56-53-50-47-44-41-37-27-24-21-18-15-12-9-6-3)60-69-63(66)57-54-51-48-45-42-39-36-26-23-20-17-14-11-8-5-2/h22,25-27,29-30,32-33,36-37,62H,4-21,23-24,28,31,34-35,38-61H2,1-3H3/b25-22-,30-29-,33-32-,36-26-,37-27-. The lowest BCUT2D eigenvalue weighted by Gasteiger charge is -2.18. The van der Waals surface area contributed by atoms with Gasteiger partial charge >= 0.3 is 17.9 Å². The average Bonchev–Trinajstić information content (AvgIpc) is 3.37. The van der Waals surface area contributed by atoms with Crippen molar-refractivity contribution in [2.45, 2.75) is 322 Å². The predicted molar refractivity (Wildman–Crippen MR) is 307 cm³/mol. The van der Waals surface area contributed by atoms with Crippen molar-refractivity contribution >= 4 is 17.9 Å². The molecule has 1 unspecified atom stereocenters. The van der Waals surface area contributed by atoms with Crippen molar-refractivity contribution in [1.82, 2.24) is 0 Å². The number of unbranched alkanes of at least 4 members (excludes halogenated alkanes) is 35. The van der Waals surface area contributed by atoms with Gasteiger partial charge in [-0.1, -0.05) is 248 Å². The van der Waals surface area contributed by atoms with Crippen LogP contribution < -0.4 is 0 Å². The Morgan fingerprint density at radius 1 is 0.282 bits per heavy atom. The van der Waals surface area contributed by atoms with Crippen LogP contribution in [-0.2, 0) is 28.6 Å². The lowest BCUT2D eigenvalue weighted by Crippen LogP contribution is -2.30. The molecule has 0 aromatic heterocycles. The maximum Gasteiger partial charge on any atom is 0.306 e. The summed E-state index contributed by atoms with van der Waals surface area (Å²) >= 11 is 0. The van der Waals surface area contributed by atoms with Gasteiger partial charge in [0.1, 0.15) is 13.2 Å². The highest BCUT2D eigenvalue weighted by molar-refractivity contribution is 5.71. The summed E-state index contributed by atoms with van der Waals surface area (Å²) in [6.45, 7) is 6.63. The van der Waals surface area contributed by atoms with E-state index < -0.39 is 6.10 Å². The molecule has 1 atom stereocenters. The zero-order valence-electron chi connectivity index (χ0n) is 47.2. The summed E-state index contributed by atoms with van der Waals surface area (Å²) in [7, 11) is 0. The van der Waals surface area contributed by atoms with Crippen LogP contribution in [0.25, 0.3) is 0 Å². The van der Waals surface area contributed by atoms with Gasteiger partial charge in [0, 0.05) is 19.3 Å². The van der Waals surface area contributed by atoms with Gasteiger partial charge in [-0.2, -0.15) is 0 Å². The van der Waals surface area contributed by atoms with Gasteiger partial charge in [-0.05, 0) is 109 Å². The van der Waals surface area contributed by atoms with Crippen LogP contribution in [-0.4, -0.2) is 37.2 Å². The predicted octanol–water partition coefficient (Wildman–Crippen LogP) is 20.8. The molecule has 0 aliphatic carbocycles. The van der Waals surface area contributed by atoms with Crippen LogP contribution in [0.15, 0.2) is 60.8 Å². The molecule has 0 aliphatic heterocycles. The number of carbonyl (C=O) groups is 3. The number of allylic oxidation sites excluding steroid dienone is 10. The van der Waals surface area contributed by atoms with Crippen molar-refractivity contribution < 1.29 is 28.6 Å². The first-order valence-electron chi connectivity index (χ1n) is 30.8. The van der Waals surface area contributed by atoms with Crippen molar-refractivity contribution in [2.24, 2.45) is 0 Å². The molecule has 0 aliphatic rings. The molecule has 0 saturated heterocycles. The number of esters is 3. The fourth-order valence-electron chi connectivity index (χ4n) is 8.79. The molecule has 0 amide bonds. The third kappa shape index (κ3) is 57.9. The highest BCUT2D eigenvalue weighted by atomic mass is 16.6. The maximum absolute atomic E-state index is 12.9. The molecular formula is C65H116O6. The van der Waals surface area contributed by atoms with E-state index in [-0.39, 0.29) is 31.1 Å². The Balaban J connectivity index is 4.35. The largest absolute Gasteiger partial charge is 0.462 e. The van der Waals surface area contributed by atoms with Crippen molar-refractivity contribution in [1.29, 1.82) is 0 Å². The summed E-state index contributed by atoms with van der Waals surface area (Å²) in [5.74, 6) is -0.893. The van der Waals surface area contributed by atoms with Crippen LogP contribution in [0.5, 0.6) is 0 Å². The van der Waals surface area contributed by atoms with Gasteiger partial charge in [0.15, 0.2) is 6.10 Å². The molecule has 6 heteroatoms. The summed E-state index contributed by atoms with van der Waals surface area (Å²) in [5.41, 5.74) is 0. The molecule has 0 rings (SSSR count). The second kappa shape index (κ2) is 59.7. The van der Waals surface area contributed by atoms with Gasteiger partial charge in [-0.3, -0.25) is 14.4 Å². The fraction of sp³-hybridized carbons (Fsp3) is 0.800. The summed E-state index contributed by atoms with van der Waals surface area (Å²) < 4.78 is 16.9. The van der Waals surface area contributed by atoms with E-state index in [0.29, 0.717) is 19.3 Å².